The Hall–Kier alpha value is -10.2. The van der Waals surface area contributed by atoms with Gasteiger partial charge in [-0.3, -0.25) is 0 Å². The first-order chi connectivity index (χ1) is 38.1. The number of hydrogen-bond donors (Lipinski definition) is 0. The third-order valence-corrected chi connectivity index (χ3v) is 15.0. The van der Waals surface area contributed by atoms with Gasteiger partial charge in [-0.25, -0.2) is 9.97 Å². The number of rotatable bonds is 10. The summed E-state index contributed by atoms with van der Waals surface area (Å²) >= 11 is 0. The highest BCUT2D eigenvalue weighted by molar-refractivity contribution is 6.09. The molecule has 3 nitrogen and oxygen atoms in total. The van der Waals surface area contributed by atoms with E-state index < -0.39 is 0 Å². The Bertz CT molecular complexity index is 4420. The molecule has 0 atom stereocenters. The summed E-state index contributed by atoms with van der Waals surface area (Å²) in [4.78, 5) is 10.6. The lowest BCUT2D eigenvalue weighted by molar-refractivity contribution is 1.18. The Balaban J connectivity index is 0.806. The Kier molecular flexibility index (Phi) is 11.5. The van der Waals surface area contributed by atoms with E-state index in [9.17, 15) is 0 Å². The highest BCUT2D eigenvalue weighted by atomic mass is 15.0. The van der Waals surface area contributed by atoms with Gasteiger partial charge in [0.15, 0.2) is 5.82 Å². The first-order valence-corrected chi connectivity index (χ1v) is 26.3. The first kappa shape index (κ1) is 45.4. The Morgan fingerprint density at radius 3 is 1.14 bits per heavy atom. The molecule has 0 aliphatic heterocycles. The standard InChI is InChI=1S/C74H49N3/c1-2-15-50(16-3-1)58-19-10-22-61(45-58)62-23-11-20-59(46-62)51-33-39-55(40-34-51)70-49-71(56-41-35-52(36-42-56)60-21-12-25-64(47-60)67-30-14-18-54-17-4-5-27-66(54)67)76-74(75-70)57-43-37-53(38-44-57)63-24-13-26-65(48-63)77-72-31-8-6-28-68(72)69-29-7-9-32-73(69)77/h1-49H. The molecule has 0 bridgehead atoms. The van der Waals surface area contributed by atoms with Crippen molar-refractivity contribution < 1.29 is 0 Å². The molecule has 12 aromatic carbocycles. The minimum Gasteiger partial charge on any atom is -0.309 e. The SMILES string of the molecule is c1ccc(-c2cccc(-c3cccc(-c4ccc(-c5cc(-c6ccc(-c7cccc(-c8cccc9ccccc89)c7)cc6)nc(-c6ccc(-c7cccc(-n8c9ccccc9c9ccccc98)c7)cc6)n5)cc4)c3)c2)cc1. The van der Waals surface area contributed by atoms with E-state index in [4.69, 9.17) is 9.97 Å². The Morgan fingerprint density at radius 2 is 0.584 bits per heavy atom. The van der Waals surface area contributed by atoms with Crippen LogP contribution in [0.1, 0.15) is 0 Å². The molecule has 0 aliphatic rings. The molecule has 0 saturated carbocycles. The van der Waals surface area contributed by atoms with Gasteiger partial charge in [0, 0.05) is 33.2 Å². The lowest BCUT2D eigenvalue weighted by Crippen LogP contribution is -1.96. The average Bonchev–Trinajstić information content (AvgIpc) is 3.93. The number of para-hydroxylation sites is 2. The maximum absolute atomic E-state index is 5.31. The number of hydrogen-bond acceptors (Lipinski definition) is 2. The average molecular weight is 980 g/mol. The van der Waals surface area contributed by atoms with E-state index in [0.717, 1.165) is 67.1 Å². The second-order valence-electron chi connectivity index (χ2n) is 19.7. The third kappa shape index (κ3) is 8.76. The zero-order valence-corrected chi connectivity index (χ0v) is 42.1. The molecule has 0 fully saturated rings. The zero-order valence-electron chi connectivity index (χ0n) is 42.1. The van der Waals surface area contributed by atoms with E-state index >= 15 is 0 Å². The van der Waals surface area contributed by atoms with Crippen molar-refractivity contribution in [3.8, 4) is 106 Å². The van der Waals surface area contributed by atoms with E-state index in [0.29, 0.717) is 5.82 Å². The topological polar surface area (TPSA) is 30.7 Å². The van der Waals surface area contributed by atoms with E-state index in [1.54, 1.807) is 0 Å². The molecule has 0 saturated heterocycles. The molecule has 0 N–H and O–H groups in total. The van der Waals surface area contributed by atoms with Crippen molar-refractivity contribution in [2.75, 3.05) is 0 Å². The van der Waals surface area contributed by atoms with Gasteiger partial charge in [0.25, 0.3) is 0 Å². The molecular formula is C74H49N3. The number of nitrogens with zero attached hydrogens (tertiary/aromatic N) is 3. The Morgan fingerprint density at radius 1 is 0.221 bits per heavy atom. The highest BCUT2D eigenvalue weighted by Crippen LogP contribution is 2.37. The molecule has 0 unspecified atom stereocenters. The smallest absolute Gasteiger partial charge is 0.160 e. The maximum atomic E-state index is 5.31. The van der Waals surface area contributed by atoms with Crippen LogP contribution in [-0.4, -0.2) is 14.5 Å². The van der Waals surface area contributed by atoms with Crippen LogP contribution in [0.3, 0.4) is 0 Å². The zero-order chi connectivity index (χ0) is 51.1. The van der Waals surface area contributed by atoms with Crippen molar-refractivity contribution in [3.63, 3.8) is 0 Å². The predicted octanol–water partition coefficient (Wildman–Crippen LogP) is 19.7. The van der Waals surface area contributed by atoms with Crippen LogP contribution in [-0.2, 0) is 0 Å². The summed E-state index contributed by atoms with van der Waals surface area (Å²) in [6, 6.07) is 107. The van der Waals surface area contributed by atoms with E-state index in [1.165, 1.54) is 66.0 Å². The monoisotopic (exact) mass is 979 g/mol. The van der Waals surface area contributed by atoms with Gasteiger partial charge in [-0.1, -0.05) is 249 Å². The van der Waals surface area contributed by atoms with Crippen molar-refractivity contribution in [2.24, 2.45) is 0 Å². The van der Waals surface area contributed by atoms with Gasteiger partial charge in [0.1, 0.15) is 0 Å². The fourth-order valence-electron chi connectivity index (χ4n) is 11.1. The molecule has 2 aromatic heterocycles. The van der Waals surface area contributed by atoms with Crippen molar-refractivity contribution >= 4 is 32.6 Å². The van der Waals surface area contributed by atoms with Gasteiger partial charge >= 0.3 is 0 Å². The largest absolute Gasteiger partial charge is 0.309 e. The lowest BCUT2D eigenvalue weighted by Gasteiger charge is -2.12. The summed E-state index contributed by atoms with van der Waals surface area (Å²) in [5.41, 5.74) is 22.3. The highest BCUT2D eigenvalue weighted by Gasteiger charge is 2.16. The summed E-state index contributed by atoms with van der Waals surface area (Å²) in [7, 11) is 0. The number of benzene rings is 12. The van der Waals surface area contributed by atoms with Crippen LogP contribution < -0.4 is 0 Å². The van der Waals surface area contributed by atoms with Gasteiger partial charge in [-0.15, -0.1) is 0 Å². The van der Waals surface area contributed by atoms with Crippen LogP contribution in [0.15, 0.2) is 297 Å². The van der Waals surface area contributed by atoms with Gasteiger partial charge in [-0.05, 0) is 126 Å². The quantitative estimate of drug-likeness (QED) is 0.137. The number of aromatic nitrogens is 3. The molecule has 14 rings (SSSR count). The second-order valence-corrected chi connectivity index (χ2v) is 19.7. The number of fused-ring (bicyclic) bond motifs is 4. The first-order valence-electron chi connectivity index (χ1n) is 26.3. The summed E-state index contributed by atoms with van der Waals surface area (Å²) in [6.45, 7) is 0. The minimum absolute atomic E-state index is 0.671. The predicted molar refractivity (Wildman–Crippen MR) is 323 cm³/mol. The van der Waals surface area contributed by atoms with Gasteiger partial charge < -0.3 is 4.57 Å². The fourth-order valence-corrected chi connectivity index (χ4v) is 11.1. The third-order valence-electron chi connectivity index (χ3n) is 15.0. The van der Waals surface area contributed by atoms with Gasteiger partial charge in [0.2, 0.25) is 0 Å². The molecule has 360 valence electrons. The molecular weight excluding hydrogens is 931 g/mol. The minimum atomic E-state index is 0.671. The molecule has 0 amide bonds. The van der Waals surface area contributed by atoms with Crippen molar-refractivity contribution in [1.82, 2.24) is 14.5 Å². The van der Waals surface area contributed by atoms with Crippen LogP contribution >= 0.6 is 0 Å². The summed E-state index contributed by atoms with van der Waals surface area (Å²) in [5, 5.41) is 4.99. The molecule has 0 aliphatic carbocycles. The summed E-state index contributed by atoms with van der Waals surface area (Å²) in [5.74, 6) is 0.671. The lowest BCUT2D eigenvalue weighted by atomic mass is 9.94. The maximum Gasteiger partial charge on any atom is 0.160 e. The molecule has 0 spiro atoms. The molecule has 77 heavy (non-hydrogen) atoms. The van der Waals surface area contributed by atoms with Crippen LogP contribution in [0, 0.1) is 0 Å². The van der Waals surface area contributed by atoms with E-state index in [2.05, 4.69) is 302 Å². The van der Waals surface area contributed by atoms with Crippen LogP contribution in [0.25, 0.3) is 139 Å². The Labute approximate surface area is 448 Å². The molecule has 14 aromatic rings. The van der Waals surface area contributed by atoms with Gasteiger partial charge in [0.05, 0.1) is 22.4 Å². The van der Waals surface area contributed by atoms with E-state index in [-0.39, 0.29) is 0 Å². The summed E-state index contributed by atoms with van der Waals surface area (Å²) < 4.78 is 2.37. The van der Waals surface area contributed by atoms with Gasteiger partial charge in [-0.2, -0.15) is 0 Å². The molecule has 2 heterocycles. The molecule has 3 heteroatoms. The van der Waals surface area contributed by atoms with Crippen molar-refractivity contribution in [2.45, 2.75) is 0 Å². The van der Waals surface area contributed by atoms with Crippen molar-refractivity contribution in [1.29, 1.82) is 0 Å². The normalized spacial score (nSPS) is 11.4. The fraction of sp³-hybridized carbons (Fsp3) is 0. The van der Waals surface area contributed by atoms with Crippen LogP contribution in [0.5, 0.6) is 0 Å². The molecule has 0 radical (unpaired) electrons. The van der Waals surface area contributed by atoms with Crippen molar-refractivity contribution in [3.05, 3.63) is 297 Å². The summed E-state index contributed by atoms with van der Waals surface area (Å²) in [6.07, 6.45) is 0. The van der Waals surface area contributed by atoms with Crippen LogP contribution in [0.4, 0.5) is 0 Å². The van der Waals surface area contributed by atoms with E-state index in [1.807, 2.05) is 0 Å². The van der Waals surface area contributed by atoms with Crippen LogP contribution in [0.2, 0.25) is 0 Å². The second kappa shape index (κ2) is 19.6.